The Hall–Kier alpha value is -1.77. The summed E-state index contributed by atoms with van der Waals surface area (Å²) < 4.78 is 27.3. The number of carboxylic acid groups (broad SMARTS) is 1. The number of sulfonamides is 1. The maximum atomic E-state index is 12.9. The van der Waals surface area contributed by atoms with Crippen LogP contribution in [0.2, 0.25) is 0 Å². The number of piperidine rings is 1. The maximum Gasteiger partial charge on any atom is 0.303 e. The van der Waals surface area contributed by atoms with Gasteiger partial charge in [-0.25, -0.2) is 8.42 Å². The summed E-state index contributed by atoms with van der Waals surface area (Å²) in [7, 11) is -3.57. The van der Waals surface area contributed by atoms with Crippen molar-refractivity contribution in [1.29, 1.82) is 0 Å². The lowest BCUT2D eigenvalue weighted by Crippen LogP contribution is -2.45. The van der Waals surface area contributed by atoms with E-state index >= 15 is 0 Å². The second kappa shape index (κ2) is 8.50. The van der Waals surface area contributed by atoms with E-state index in [0.717, 1.165) is 25.9 Å². The van der Waals surface area contributed by atoms with Crippen molar-refractivity contribution in [3.8, 4) is 0 Å². The first kappa shape index (κ1) is 20.0. The van der Waals surface area contributed by atoms with Crippen molar-refractivity contribution >= 4 is 21.8 Å². The highest BCUT2D eigenvalue weighted by Crippen LogP contribution is 2.25. The molecule has 8 heteroatoms. The van der Waals surface area contributed by atoms with E-state index in [-0.39, 0.29) is 23.5 Å². The molecule has 0 aromatic heterocycles. The largest absolute Gasteiger partial charge is 0.481 e. The number of Topliss-reactive ketones (excluding diaryl/α,β-unsaturated/α-hetero) is 1. The van der Waals surface area contributed by atoms with Gasteiger partial charge in [-0.1, -0.05) is 12.1 Å². The van der Waals surface area contributed by atoms with E-state index in [9.17, 15) is 18.0 Å². The van der Waals surface area contributed by atoms with Crippen molar-refractivity contribution in [2.24, 2.45) is 0 Å². The van der Waals surface area contributed by atoms with Crippen molar-refractivity contribution in [3.63, 3.8) is 0 Å². The number of ketones is 1. The van der Waals surface area contributed by atoms with Crippen LogP contribution in [-0.2, 0) is 14.8 Å². The molecular weight excluding hydrogens is 368 g/mol. The third-order valence-electron chi connectivity index (χ3n) is 5.46. The Labute approximate surface area is 160 Å². The number of carbonyl (C=O) groups is 2. The number of aliphatic carboxylic acids is 1. The average molecular weight is 394 g/mol. The second-order valence-corrected chi connectivity index (χ2v) is 9.16. The van der Waals surface area contributed by atoms with E-state index in [1.165, 1.54) is 41.4 Å². The van der Waals surface area contributed by atoms with Gasteiger partial charge in [0.25, 0.3) is 0 Å². The van der Waals surface area contributed by atoms with E-state index in [2.05, 4.69) is 4.90 Å². The van der Waals surface area contributed by atoms with Gasteiger partial charge in [-0.2, -0.15) is 4.31 Å². The first-order chi connectivity index (χ1) is 12.9. The van der Waals surface area contributed by atoms with Crippen LogP contribution in [0.5, 0.6) is 0 Å². The minimum Gasteiger partial charge on any atom is -0.481 e. The van der Waals surface area contributed by atoms with E-state index < -0.39 is 16.0 Å². The van der Waals surface area contributed by atoms with E-state index in [4.69, 9.17) is 5.11 Å². The predicted molar refractivity (Wildman–Crippen MR) is 100 cm³/mol. The molecule has 0 radical (unpaired) electrons. The summed E-state index contributed by atoms with van der Waals surface area (Å²) in [4.78, 5) is 25.2. The Morgan fingerprint density at radius 3 is 2.11 bits per heavy atom. The van der Waals surface area contributed by atoms with Gasteiger partial charge in [0.05, 0.1) is 11.3 Å². The fourth-order valence-corrected chi connectivity index (χ4v) is 5.35. The molecule has 0 aliphatic carbocycles. The van der Waals surface area contributed by atoms with Crippen LogP contribution in [0.3, 0.4) is 0 Å². The average Bonchev–Trinajstić information content (AvgIpc) is 3.21. The molecule has 1 aromatic rings. The van der Waals surface area contributed by atoms with Gasteiger partial charge in [0.15, 0.2) is 5.78 Å². The number of likely N-dealkylation sites (tertiary alicyclic amines) is 1. The Balaban J connectivity index is 1.61. The predicted octanol–water partition coefficient (Wildman–Crippen LogP) is 1.98. The normalized spacial score (nSPS) is 20.0. The number of rotatable bonds is 7. The van der Waals surface area contributed by atoms with Crippen molar-refractivity contribution in [2.75, 3.05) is 26.2 Å². The molecule has 0 bridgehead atoms. The Bertz CT molecular complexity index is 777. The number of carboxylic acids is 1. The second-order valence-electron chi connectivity index (χ2n) is 7.22. The Morgan fingerprint density at radius 2 is 1.56 bits per heavy atom. The van der Waals surface area contributed by atoms with Gasteiger partial charge in [0, 0.05) is 31.1 Å². The van der Waals surface area contributed by atoms with Gasteiger partial charge in [0.1, 0.15) is 0 Å². The molecule has 2 heterocycles. The Kier molecular flexibility index (Phi) is 6.29. The first-order valence-corrected chi connectivity index (χ1v) is 10.9. The van der Waals surface area contributed by atoms with E-state index in [1.807, 2.05) is 0 Å². The SMILES string of the molecule is O=C(O)CCC(=O)c1ccc(S(=O)(=O)N2CCC(N3CCCC3)CC2)cc1. The highest BCUT2D eigenvalue weighted by atomic mass is 32.2. The smallest absolute Gasteiger partial charge is 0.303 e. The summed E-state index contributed by atoms with van der Waals surface area (Å²) in [6.07, 6.45) is 3.85. The number of hydrogen-bond donors (Lipinski definition) is 1. The quantitative estimate of drug-likeness (QED) is 0.711. The highest BCUT2D eigenvalue weighted by Gasteiger charge is 2.32. The van der Waals surface area contributed by atoms with Gasteiger partial charge in [-0.3, -0.25) is 9.59 Å². The minimum absolute atomic E-state index is 0.0918. The van der Waals surface area contributed by atoms with Crippen LogP contribution < -0.4 is 0 Å². The van der Waals surface area contributed by atoms with Gasteiger partial charge in [0.2, 0.25) is 10.0 Å². The molecule has 0 amide bonds. The monoisotopic (exact) mass is 394 g/mol. The summed E-state index contributed by atoms with van der Waals surface area (Å²) in [5.74, 6) is -1.33. The molecule has 7 nitrogen and oxygen atoms in total. The van der Waals surface area contributed by atoms with Crippen LogP contribution in [0.25, 0.3) is 0 Å². The van der Waals surface area contributed by atoms with Crippen LogP contribution in [0.1, 0.15) is 48.9 Å². The molecule has 0 unspecified atom stereocenters. The highest BCUT2D eigenvalue weighted by molar-refractivity contribution is 7.89. The van der Waals surface area contributed by atoms with Crippen molar-refractivity contribution in [2.45, 2.75) is 49.5 Å². The van der Waals surface area contributed by atoms with E-state index in [0.29, 0.717) is 24.7 Å². The first-order valence-electron chi connectivity index (χ1n) is 9.47. The lowest BCUT2D eigenvalue weighted by Gasteiger charge is -2.36. The van der Waals surface area contributed by atoms with Crippen molar-refractivity contribution < 1.29 is 23.1 Å². The number of hydrogen-bond acceptors (Lipinski definition) is 5. The summed E-state index contributed by atoms with van der Waals surface area (Å²) >= 11 is 0. The Morgan fingerprint density at radius 1 is 0.963 bits per heavy atom. The summed E-state index contributed by atoms with van der Waals surface area (Å²) in [5, 5.41) is 8.65. The molecule has 2 aliphatic heterocycles. The summed E-state index contributed by atoms with van der Waals surface area (Å²) in [5.41, 5.74) is 0.336. The fraction of sp³-hybridized carbons (Fsp3) is 0.579. The number of carbonyl (C=O) groups excluding carboxylic acids is 1. The summed E-state index contributed by atoms with van der Waals surface area (Å²) in [6.45, 7) is 3.27. The van der Waals surface area contributed by atoms with E-state index in [1.54, 1.807) is 0 Å². The molecule has 0 atom stereocenters. The topological polar surface area (TPSA) is 95.0 Å². The van der Waals surface area contributed by atoms with Gasteiger partial charge in [-0.15, -0.1) is 0 Å². The molecule has 2 saturated heterocycles. The van der Waals surface area contributed by atoms with Crippen LogP contribution in [0, 0.1) is 0 Å². The molecule has 2 fully saturated rings. The van der Waals surface area contributed by atoms with Crippen LogP contribution in [0.15, 0.2) is 29.2 Å². The van der Waals surface area contributed by atoms with Crippen LogP contribution in [0.4, 0.5) is 0 Å². The molecule has 148 valence electrons. The minimum atomic E-state index is -3.57. The summed E-state index contributed by atoms with van der Waals surface area (Å²) in [6, 6.07) is 6.29. The van der Waals surface area contributed by atoms with Crippen molar-refractivity contribution in [3.05, 3.63) is 29.8 Å². The van der Waals surface area contributed by atoms with Gasteiger partial charge >= 0.3 is 5.97 Å². The third-order valence-corrected chi connectivity index (χ3v) is 7.37. The molecule has 3 rings (SSSR count). The van der Waals surface area contributed by atoms with Crippen LogP contribution in [-0.4, -0.2) is 66.7 Å². The zero-order valence-corrected chi connectivity index (χ0v) is 16.2. The standard InChI is InChI=1S/C19H26N2O5S/c22-18(7-8-19(23)24)15-3-5-17(6-4-15)27(25,26)21-13-9-16(10-14-21)20-11-1-2-12-20/h3-6,16H,1-2,7-14H2,(H,23,24). The van der Waals surface area contributed by atoms with Gasteiger partial charge < -0.3 is 10.0 Å². The van der Waals surface area contributed by atoms with Crippen LogP contribution >= 0.6 is 0 Å². The zero-order valence-electron chi connectivity index (χ0n) is 15.3. The molecule has 1 aromatic carbocycles. The van der Waals surface area contributed by atoms with Crippen molar-refractivity contribution in [1.82, 2.24) is 9.21 Å². The van der Waals surface area contributed by atoms with Gasteiger partial charge in [-0.05, 0) is 50.9 Å². The molecular formula is C19H26N2O5S. The molecule has 27 heavy (non-hydrogen) atoms. The fourth-order valence-electron chi connectivity index (χ4n) is 3.88. The molecule has 0 saturated carbocycles. The lowest BCUT2D eigenvalue weighted by atomic mass is 10.1. The molecule has 2 aliphatic rings. The lowest BCUT2D eigenvalue weighted by molar-refractivity contribution is -0.136. The zero-order chi connectivity index (χ0) is 19.4. The number of benzene rings is 1. The maximum absolute atomic E-state index is 12.9. The molecule has 1 N–H and O–H groups in total. The number of nitrogens with zero attached hydrogens (tertiary/aromatic N) is 2. The third kappa shape index (κ3) is 4.75. The molecule has 0 spiro atoms.